The van der Waals surface area contributed by atoms with Gasteiger partial charge in [-0.05, 0) is 67.6 Å². The van der Waals surface area contributed by atoms with Crippen LogP contribution in [0.25, 0.3) is 0 Å². The number of nitrogens with zero attached hydrogens (tertiary/aromatic N) is 1. The minimum atomic E-state index is -0.241. The summed E-state index contributed by atoms with van der Waals surface area (Å²) in [6, 6.07) is 24.8. The molecule has 0 heterocycles. The minimum absolute atomic E-state index is 0.0605. The van der Waals surface area contributed by atoms with Gasteiger partial charge >= 0.3 is 0 Å². The van der Waals surface area contributed by atoms with Gasteiger partial charge in [0.25, 0.3) is 5.91 Å². The molecule has 1 fully saturated rings. The summed E-state index contributed by atoms with van der Waals surface area (Å²) in [6.07, 6.45) is 2.46. The first kappa shape index (κ1) is 23.5. The van der Waals surface area contributed by atoms with Crippen molar-refractivity contribution in [3.63, 3.8) is 0 Å². The van der Waals surface area contributed by atoms with Gasteiger partial charge in [0.15, 0.2) is 0 Å². The second kappa shape index (κ2) is 11.0. The summed E-state index contributed by atoms with van der Waals surface area (Å²) in [6.45, 7) is 3.28. The van der Waals surface area contributed by atoms with Gasteiger partial charge in [-0.25, -0.2) is 0 Å². The lowest BCUT2D eigenvalue weighted by Crippen LogP contribution is -2.40. The second-order valence-corrected chi connectivity index (χ2v) is 8.75. The number of anilines is 2. The normalized spacial score (nSPS) is 13.9. The Kier molecular flexibility index (Phi) is 7.60. The van der Waals surface area contributed by atoms with E-state index in [1.165, 1.54) is 18.4 Å². The van der Waals surface area contributed by atoms with Crippen LogP contribution in [0.4, 0.5) is 11.4 Å². The van der Waals surface area contributed by atoms with Crippen LogP contribution in [0, 0.1) is 5.92 Å². The Labute approximate surface area is 200 Å². The number of hydrogen-bond acceptors (Lipinski definition) is 4. The molecule has 0 aromatic heterocycles. The number of amides is 2. The predicted octanol–water partition coefficient (Wildman–Crippen LogP) is 5.19. The zero-order valence-corrected chi connectivity index (χ0v) is 19.7. The molecule has 1 aliphatic carbocycles. The van der Waals surface area contributed by atoms with Crippen molar-refractivity contribution in [1.29, 1.82) is 0 Å². The summed E-state index contributed by atoms with van der Waals surface area (Å²) >= 11 is 0. The van der Waals surface area contributed by atoms with Crippen molar-refractivity contribution in [2.45, 2.75) is 32.4 Å². The van der Waals surface area contributed by atoms with Crippen LogP contribution >= 0.6 is 0 Å². The number of carbonyl (C=O) groups is 2. The van der Waals surface area contributed by atoms with E-state index in [0.29, 0.717) is 41.2 Å². The molecule has 2 N–H and O–H groups in total. The molecule has 3 aromatic rings. The Hall–Kier alpha value is -3.64. The molecule has 6 heteroatoms. The van der Waals surface area contributed by atoms with E-state index in [2.05, 4.69) is 34.6 Å². The molecule has 6 nitrogen and oxygen atoms in total. The number of para-hydroxylation sites is 2. The molecule has 34 heavy (non-hydrogen) atoms. The molecule has 1 aliphatic rings. The topological polar surface area (TPSA) is 70.7 Å². The third-order valence-corrected chi connectivity index (χ3v) is 6.24. The number of carbonyl (C=O) groups excluding carboxylic acids is 2. The molecule has 1 unspecified atom stereocenters. The Bertz CT molecular complexity index is 1110. The minimum Gasteiger partial charge on any atom is -0.495 e. The van der Waals surface area contributed by atoms with Gasteiger partial charge in [0.1, 0.15) is 5.75 Å². The van der Waals surface area contributed by atoms with Crippen molar-refractivity contribution in [3.8, 4) is 5.75 Å². The third-order valence-electron chi connectivity index (χ3n) is 6.24. The first-order valence-electron chi connectivity index (χ1n) is 11.7. The summed E-state index contributed by atoms with van der Waals surface area (Å²) in [7, 11) is 1.56. The van der Waals surface area contributed by atoms with Crippen LogP contribution in [0.2, 0.25) is 0 Å². The van der Waals surface area contributed by atoms with E-state index >= 15 is 0 Å². The average Bonchev–Trinajstić information content (AvgIpc) is 3.70. The van der Waals surface area contributed by atoms with Crippen molar-refractivity contribution in [1.82, 2.24) is 4.90 Å². The lowest BCUT2D eigenvalue weighted by atomic mass is 10.1. The Morgan fingerprint density at radius 3 is 2.29 bits per heavy atom. The van der Waals surface area contributed by atoms with Crippen LogP contribution in [0.1, 0.15) is 35.7 Å². The fourth-order valence-electron chi connectivity index (χ4n) is 4.07. The highest BCUT2D eigenvalue weighted by Crippen LogP contribution is 2.35. The Morgan fingerprint density at radius 2 is 1.62 bits per heavy atom. The van der Waals surface area contributed by atoms with E-state index in [1.807, 2.05) is 30.3 Å². The molecule has 0 aliphatic heterocycles. The van der Waals surface area contributed by atoms with Crippen molar-refractivity contribution in [2.24, 2.45) is 5.92 Å². The van der Waals surface area contributed by atoms with Gasteiger partial charge in [-0.3, -0.25) is 14.5 Å². The molecule has 1 atom stereocenters. The van der Waals surface area contributed by atoms with Gasteiger partial charge < -0.3 is 15.4 Å². The maximum absolute atomic E-state index is 12.8. The lowest BCUT2D eigenvalue weighted by molar-refractivity contribution is -0.118. The van der Waals surface area contributed by atoms with Crippen LogP contribution in [0.3, 0.4) is 0 Å². The molecule has 2 amide bonds. The number of hydrogen-bond donors (Lipinski definition) is 2. The van der Waals surface area contributed by atoms with Gasteiger partial charge in [0.2, 0.25) is 5.91 Å². The molecule has 0 spiro atoms. The maximum Gasteiger partial charge on any atom is 0.255 e. The number of nitrogens with one attached hydrogen (secondary N) is 2. The van der Waals surface area contributed by atoms with Crippen LogP contribution in [0.15, 0.2) is 78.9 Å². The molecular weight excluding hydrogens is 426 g/mol. The molecular formula is C28H31N3O3. The van der Waals surface area contributed by atoms with Crippen LogP contribution < -0.4 is 15.4 Å². The number of ether oxygens (including phenoxy) is 1. The van der Waals surface area contributed by atoms with Gasteiger partial charge in [-0.15, -0.1) is 0 Å². The predicted molar refractivity (Wildman–Crippen MR) is 135 cm³/mol. The molecule has 4 rings (SSSR count). The van der Waals surface area contributed by atoms with Crippen molar-refractivity contribution < 1.29 is 14.3 Å². The summed E-state index contributed by atoms with van der Waals surface area (Å²) < 4.78 is 5.28. The summed E-state index contributed by atoms with van der Waals surface area (Å²) in [5, 5.41) is 5.83. The van der Waals surface area contributed by atoms with Gasteiger partial charge in [-0.1, -0.05) is 42.5 Å². The van der Waals surface area contributed by atoms with Gasteiger partial charge in [0, 0.05) is 23.8 Å². The van der Waals surface area contributed by atoms with E-state index in [1.54, 1.807) is 43.5 Å². The summed E-state index contributed by atoms with van der Waals surface area (Å²) in [4.78, 5) is 27.7. The quantitative estimate of drug-likeness (QED) is 0.440. The summed E-state index contributed by atoms with van der Waals surface area (Å²) in [5.41, 5.74) is 2.97. The number of methoxy groups -OCH3 is 1. The lowest BCUT2D eigenvalue weighted by Gasteiger charge is -2.28. The average molecular weight is 458 g/mol. The zero-order chi connectivity index (χ0) is 23.9. The zero-order valence-electron chi connectivity index (χ0n) is 19.7. The van der Waals surface area contributed by atoms with Crippen LogP contribution in [0.5, 0.6) is 5.75 Å². The smallest absolute Gasteiger partial charge is 0.255 e. The van der Waals surface area contributed by atoms with Crippen LogP contribution in [-0.4, -0.2) is 36.4 Å². The first-order valence-corrected chi connectivity index (χ1v) is 11.7. The van der Waals surface area contributed by atoms with E-state index < -0.39 is 0 Å². The van der Waals surface area contributed by atoms with E-state index in [-0.39, 0.29) is 11.8 Å². The third kappa shape index (κ3) is 6.23. The largest absolute Gasteiger partial charge is 0.495 e. The van der Waals surface area contributed by atoms with Gasteiger partial charge in [-0.2, -0.15) is 0 Å². The fraction of sp³-hybridized carbons (Fsp3) is 0.286. The molecule has 0 radical (unpaired) electrons. The monoisotopic (exact) mass is 457 g/mol. The molecule has 0 saturated heterocycles. The van der Waals surface area contributed by atoms with E-state index in [9.17, 15) is 9.59 Å². The fourth-order valence-corrected chi connectivity index (χ4v) is 4.07. The van der Waals surface area contributed by atoms with Crippen LogP contribution in [-0.2, 0) is 11.3 Å². The number of benzene rings is 3. The Morgan fingerprint density at radius 1 is 0.941 bits per heavy atom. The van der Waals surface area contributed by atoms with Gasteiger partial charge in [0.05, 0.1) is 19.3 Å². The second-order valence-electron chi connectivity index (χ2n) is 8.75. The maximum atomic E-state index is 12.8. The van der Waals surface area contributed by atoms with Crippen molar-refractivity contribution in [3.05, 3.63) is 90.0 Å². The highest BCUT2D eigenvalue weighted by Gasteiger charge is 2.32. The SMILES string of the molecule is COc1ccccc1NC(=O)c1ccc(NC(=O)CN(Cc2ccccc2)C(C)C2CC2)cc1. The standard InChI is InChI=1S/C28H31N3O3/c1-20(22-12-13-22)31(18-21-8-4-3-5-9-21)19-27(32)29-24-16-14-23(15-17-24)28(33)30-25-10-6-7-11-26(25)34-2/h3-11,14-17,20,22H,12-13,18-19H2,1-2H3,(H,29,32)(H,30,33). The molecule has 0 bridgehead atoms. The summed E-state index contributed by atoms with van der Waals surface area (Å²) in [5.74, 6) is 0.960. The van der Waals surface area contributed by atoms with E-state index in [4.69, 9.17) is 4.74 Å². The van der Waals surface area contributed by atoms with Crippen molar-refractivity contribution >= 4 is 23.2 Å². The van der Waals surface area contributed by atoms with Crippen molar-refractivity contribution in [2.75, 3.05) is 24.3 Å². The molecule has 176 valence electrons. The number of rotatable bonds is 10. The molecule has 3 aromatic carbocycles. The highest BCUT2D eigenvalue weighted by molar-refractivity contribution is 6.05. The molecule has 1 saturated carbocycles. The highest BCUT2D eigenvalue weighted by atomic mass is 16.5. The first-order chi connectivity index (χ1) is 16.5. The van der Waals surface area contributed by atoms with E-state index in [0.717, 1.165) is 6.54 Å². The Balaban J connectivity index is 1.36.